The third-order valence-electron chi connectivity index (χ3n) is 3.16. The van der Waals surface area contributed by atoms with Crippen molar-refractivity contribution in [3.05, 3.63) is 58.1 Å². The number of ether oxygens (including phenoxy) is 2. The minimum atomic E-state index is -0.511. The summed E-state index contributed by atoms with van der Waals surface area (Å²) in [6.07, 6.45) is 0. The second-order valence-electron chi connectivity index (χ2n) is 5.08. The molecule has 2 aromatic carbocycles. The monoisotopic (exact) mass is 419 g/mol. The summed E-state index contributed by atoms with van der Waals surface area (Å²) in [6.45, 7) is 0.266. The third kappa shape index (κ3) is 5.21. The zero-order chi connectivity index (χ0) is 19.1. The Balaban J connectivity index is 2.44. The Morgan fingerprint density at radius 3 is 2.46 bits per heavy atom. The van der Waals surface area contributed by atoms with Crippen LogP contribution in [0.2, 0.25) is 0 Å². The number of carbonyl (C=O) groups is 1. The number of nitrogens with zero attached hydrogens (tertiary/aromatic N) is 2. The van der Waals surface area contributed by atoms with Crippen LogP contribution < -0.4 is 21.9 Å². The molecule has 0 fully saturated rings. The first kappa shape index (κ1) is 19.3. The Morgan fingerprint density at radius 2 is 1.85 bits per heavy atom. The van der Waals surface area contributed by atoms with Crippen LogP contribution in [0.1, 0.15) is 15.9 Å². The van der Waals surface area contributed by atoms with Gasteiger partial charge in [0.1, 0.15) is 18.0 Å². The SMILES string of the molecule is COC(=O)c1cc(Br)c(N=C(N)N=C(N)N)c(OCc2ccccc2)c1. The molecule has 0 aromatic heterocycles. The lowest BCUT2D eigenvalue weighted by Gasteiger charge is -2.12. The second-order valence-corrected chi connectivity index (χ2v) is 5.93. The van der Waals surface area contributed by atoms with E-state index < -0.39 is 5.97 Å². The molecule has 0 radical (unpaired) electrons. The summed E-state index contributed by atoms with van der Waals surface area (Å²) in [5.74, 6) is -0.568. The predicted octanol–water partition coefficient (Wildman–Crippen LogP) is 2.03. The molecule has 0 saturated heterocycles. The van der Waals surface area contributed by atoms with Gasteiger partial charge in [0.05, 0.1) is 12.7 Å². The molecule has 9 heteroatoms. The van der Waals surface area contributed by atoms with Crippen molar-refractivity contribution in [3.63, 3.8) is 0 Å². The maximum Gasteiger partial charge on any atom is 0.338 e. The maximum absolute atomic E-state index is 11.9. The van der Waals surface area contributed by atoms with Gasteiger partial charge in [0, 0.05) is 4.47 Å². The minimum Gasteiger partial charge on any atom is -0.487 e. The maximum atomic E-state index is 11.9. The summed E-state index contributed by atoms with van der Waals surface area (Å²) in [6, 6.07) is 12.6. The highest BCUT2D eigenvalue weighted by Gasteiger charge is 2.16. The summed E-state index contributed by atoms with van der Waals surface area (Å²) in [5, 5.41) is 0. The van der Waals surface area contributed by atoms with Crippen molar-refractivity contribution >= 4 is 39.5 Å². The molecule has 2 rings (SSSR count). The smallest absolute Gasteiger partial charge is 0.338 e. The molecule has 6 N–H and O–H groups in total. The van der Waals surface area contributed by atoms with Gasteiger partial charge in [-0.1, -0.05) is 30.3 Å². The number of esters is 1. The van der Waals surface area contributed by atoms with Gasteiger partial charge in [-0.3, -0.25) is 0 Å². The highest BCUT2D eigenvalue weighted by atomic mass is 79.9. The quantitative estimate of drug-likeness (QED) is 0.384. The molecule has 0 bridgehead atoms. The zero-order valence-electron chi connectivity index (χ0n) is 14.0. The van der Waals surface area contributed by atoms with Crippen LogP contribution in [0.5, 0.6) is 5.75 Å². The lowest BCUT2D eigenvalue weighted by molar-refractivity contribution is 0.0600. The van der Waals surface area contributed by atoms with Crippen LogP contribution in [0.25, 0.3) is 0 Å². The van der Waals surface area contributed by atoms with Crippen molar-refractivity contribution in [2.24, 2.45) is 27.2 Å². The molecule has 0 heterocycles. The Hall–Kier alpha value is -3.07. The van der Waals surface area contributed by atoms with Crippen LogP contribution in [0, 0.1) is 0 Å². The van der Waals surface area contributed by atoms with Crippen molar-refractivity contribution < 1.29 is 14.3 Å². The van der Waals surface area contributed by atoms with E-state index in [1.165, 1.54) is 13.2 Å². The molecule has 136 valence electrons. The normalized spacial score (nSPS) is 10.9. The lowest BCUT2D eigenvalue weighted by atomic mass is 10.2. The van der Waals surface area contributed by atoms with Gasteiger partial charge >= 0.3 is 5.97 Å². The lowest BCUT2D eigenvalue weighted by Crippen LogP contribution is -2.26. The topological polar surface area (TPSA) is 138 Å². The number of hydrogen-bond donors (Lipinski definition) is 3. The van der Waals surface area contributed by atoms with Gasteiger partial charge in [-0.15, -0.1) is 0 Å². The predicted molar refractivity (Wildman–Crippen MR) is 103 cm³/mol. The van der Waals surface area contributed by atoms with E-state index in [2.05, 4.69) is 25.9 Å². The molecule has 0 aliphatic rings. The van der Waals surface area contributed by atoms with Gasteiger partial charge in [0.2, 0.25) is 5.96 Å². The molecular weight excluding hydrogens is 402 g/mol. The molecule has 0 atom stereocenters. The average molecular weight is 420 g/mol. The van der Waals surface area contributed by atoms with Gasteiger partial charge in [-0.05, 0) is 33.6 Å². The fourth-order valence-electron chi connectivity index (χ4n) is 2.04. The van der Waals surface area contributed by atoms with Gasteiger partial charge in [0.25, 0.3) is 0 Å². The number of aliphatic imine (C=N–C) groups is 2. The standard InChI is InChI=1S/C17H18BrN5O3/c1-25-15(24)11-7-12(18)14(22-17(21)23-16(19)20)13(8-11)26-9-10-5-3-2-4-6-10/h2-8H,9H2,1H3,(H6,19,20,21,22,23). The van der Waals surface area contributed by atoms with Gasteiger partial charge in [-0.2, -0.15) is 4.99 Å². The molecule has 26 heavy (non-hydrogen) atoms. The van der Waals surface area contributed by atoms with E-state index >= 15 is 0 Å². The van der Waals surface area contributed by atoms with Crippen molar-refractivity contribution in [2.45, 2.75) is 6.61 Å². The first-order valence-electron chi connectivity index (χ1n) is 7.43. The number of carbonyl (C=O) groups excluding carboxylic acids is 1. The molecule has 0 aliphatic carbocycles. The van der Waals surface area contributed by atoms with E-state index in [-0.39, 0.29) is 18.5 Å². The van der Waals surface area contributed by atoms with Crippen LogP contribution in [0.3, 0.4) is 0 Å². The van der Waals surface area contributed by atoms with E-state index in [1.807, 2.05) is 30.3 Å². The summed E-state index contributed by atoms with van der Waals surface area (Å²) in [5.41, 5.74) is 17.9. The third-order valence-corrected chi connectivity index (χ3v) is 3.76. The Morgan fingerprint density at radius 1 is 1.15 bits per heavy atom. The number of rotatable bonds is 5. The molecule has 0 saturated carbocycles. The van der Waals surface area contributed by atoms with Gasteiger partial charge < -0.3 is 26.7 Å². The number of halogens is 1. The number of benzene rings is 2. The largest absolute Gasteiger partial charge is 0.487 e. The molecule has 8 nitrogen and oxygen atoms in total. The molecule has 0 amide bonds. The first-order chi connectivity index (χ1) is 12.4. The molecular formula is C17H18BrN5O3. The summed E-state index contributed by atoms with van der Waals surface area (Å²) in [7, 11) is 1.30. The van der Waals surface area contributed by atoms with Crippen LogP contribution >= 0.6 is 15.9 Å². The number of nitrogens with two attached hydrogens (primary N) is 3. The van der Waals surface area contributed by atoms with Crippen LogP contribution in [-0.4, -0.2) is 25.0 Å². The van der Waals surface area contributed by atoms with Gasteiger partial charge in [0.15, 0.2) is 5.96 Å². The highest BCUT2D eigenvalue weighted by Crippen LogP contribution is 2.37. The molecule has 0 unspecified atom stereocenters. The summed E-state index contributed by atoms with van der Waals surface area (Å²) in [4.78, 5) is 19.7. The van der Waals surface area contributed by atoms with Crippen LogP contribution in [0.15, 0.2) is 56.9 Å². The van der Waals surface area contributed by atoms with E-state index in [4.69, 9.17) is 26.7 Å². The Labute approximate surface area is 158 Å². The first-order valence-corrected chi connectivity index (χ1v) is 8.22. The summed E-state index contributed by atoms with van der Waals surface area (Å²) >= 11 is 3.36. The number of methoxy groups -OCH3 is 1. The van der Waals surface area contributed by atoms with E-state index in [1.54, 1.807) is 6.07 Å². The fourth-order valence-corrected chi connectivity index (χ4v) is 2.57. The van der Waals surface area contributed by atoms with Crippen molar-refractivity contribution in [1.82, 2.24) is 0 Å². The fraction of sp³-hybridized carbons (Fsp3) is 0.118. The average Bonchev–Trinajstić information content (AvgIpc) is 2.61. The molecule has 0 spiro atoms. The van der Waals surface area contributed by atoms with Crippen LogP contribution in [0.4, 0.5) is 5.69 Å². The van der Waals surface area contributed by atoms with Crippen molar-refractivity contribution in [1.29, 1.82) is 0 Å². The number of guanidine groups is 2. The second kappa shape index (κ2) is 8.86. The number of hydrogen-bond acceptors (Lipinski definition) is 4. The van der Waals surface area contributed by atoms with Crippen molar-refractivity contribution in [3.8, 4) is 5.75 Å². The Bertz CT molecular complexity index is 849. The van der Waals surface area contributed by atoms with E-state index in [0.717, 1.165) is 5.56 Å². The van der Waals surface area contributed by atoms with E-state index in [9.17, 15) is 4.79 Å². The van der Waals surface area contributed by atoms with Crippen LogP contribution in [-0.2, 0) is 11.3 Å². The molecule has 0 aliphatic heterocycles. The minimum absolute atomic E-state index is 0.152. The van der Waals surface area contributed by atoms with E-state index in [0.29, 0.717) is 21.5 Å². The van der Waals surface area contributed by atoms with Gasteiger partial charge in [-0.25, -0.2) is 9.79 Å². The zero-order valence-corrected chi connectivity index (χ0v) is 15.6. The van der Waals surface area contributed by atoms with Crippen molar-refractivity contribution in [2.75, 3.05) is 7.11 Å². The highest BCUT2D eigenvalue weighted by molar-refractivity contribution is 9.10. The Kier molecular flexibility index (Phi) is 6.56. The summed E-state index contributed by atoms with van der Waals surface area (Å²) < 4.78 is 11.1. The molecule has 2 aromatic rings.